The molecular weight excluding hydrogens is 1780 g/mol. The van der Waals surface area contributed by atoms with Gasteiger partial charge in [-0.15, -0.1) is 0 Å². The molecule has 22 aromatic carbocycles. The normalized spacial score (nSPS) is 12.1. The zero-order valence-corrected chi connectivity index (χ0v) is 78.3. The number of hydrogen-bond acceptors (Lipinski definition) is 4. The molecule has 0 bridgehead atoms. The van der Waals surface area contributed by atoms with Crippen LogP contribution in [0.1, 0.15) is 11.1 Å². The molecule has 0 aliphatic carbocycles. The molecule has 32 aromatic rings. The third-order valence-electron chi connectivity index (χ3n) is 30.8. The molecule has 12 nitrogen and oxygen atoms in total. The van der Waals surface area contributed by atoms with E-state index in [0.717, 1.165) is 286 Å². The summed E-state index contributed by atoms with van der Waals surface area (Å²) in [7, 11) is 0. The van der Waals surface area contributed by atoms with Crippen LogP contribution in [0.5, 0.6) is 0 Å². The Bertz CT molecular complexity index is 10500. The van der Waals surface area contributed by atoms with Crippen LogP contribution in [0.25, 0.3) is 286 Å². The van der Waals surface area contributed by atoms with Crippen molar-refractivity contribution in [3.8, 4) is 79.9 Å². The number of rotatable bonds is 10. The summed E-state index contributed by atoms with van der Waals surface area (Å²) in [6, 6.07) is 175. The van der Waals surface area contributed by atoms with E-state index in [9.17, 15) is 10.5 Å². The molecule has 0 N–H and O–H groups in total. The predicted octanol–water partition coefficient (Wildman–Crippen LogP) is 35.0. The Labute approximate surface area is 832 Å². The molecule has 32 rings (SSSR count). The van der Waals surface area contributed by atoms with Crippen LogP contribution < -0.4 is 0 Å². The first-order chi connectivity index (χ1) is 72.5. The number of fused-ring (bicyclic) bond motifs is 30. The second-order valence-electron chi connectivity index (χ2n) is 38.0. The van der Waals surface area contributed by atoms with Crippen LogP contribution in [0, 0.1) is 22.7 Å². The van der Waals surface area contributed by atoms with E-state index >= 15 is 0 Å². The Morgan fingerprint density at radius 3 is 0.555 bits per heavy atom. The van der Waals surface area contributed by atoms with Crippen molar-refractivity contribution < 1.29 is 8.83 Å². The van der Waals surface area contributed by atoms with Gasteiger partial charge in [-0.05, 0) is 121 Å². The zero-order chi connectivity index (χ0) is 95.8. The van der Waals surface area contributed by atoms with Crippen molar-refractivity contribution in [2.45, 2.75) is 0 Å². The van der Waals surface area contributed by atoms with E-state index in [2.05, 4.69) is 510 Å². The molecule has 0 aliphatic rings. The van der Waals surface area contributed by atoms with Gasteiger partial charge in [0.05, 0.1) is 134 Å². The summed E-state index contributed by atoms with van der Waals surface area (Å²) in [5, 5.41) is 47.4. The van der Waals surface area contributed by atoms with Crippen LogP contribution in [-0.2, 0) is 0 Å². The molecule has 0 spiro atoms. The van der Waals surface area contributed by atoms with Crippen LogP contribution in [0.2, 0.25) is 0 Å². The van der Waals surface area contributed by atoms with Gasteiger partial charge < -0.3 is 45.4 Å². The number of nitriles is 2. The molecule has 0 saturated carbocycles. The van der Waals surface area contributed by atoms with Gasteiger partial charge in [-0.25, -0.2) is 0 Å². The maximum Gasteiger partial charge on any atom is 0.143 e. The predicted molar refractivity (Wildman–Crippen MR) is 602 cm³/mol. The van der Waals surface area contributed by atoms with Gasteiger partial charge in [-0.1, -0.05) is 358 Å². The van der Waals surface area contributed by atoms with Gasteiger partial charge in [0.2, 0.25) is 0 Å². The number of nitrogens with zero attached hydrogens (tertiary/aromatic N) is 10. The lowest BCUT2D eigenvalue weighted by Crippen LogP contribution is -2.16. The van der Waals surface area contributed by atoms with Crippen LogP contribution in [-0.4, -0.2) is 36.5 Å². The van der Waals surface area contributed by atoms with Crippen molar-refractivity contribution in [2.24, 2.45) is 0 Å². The Hall–Kier alpha value is -20.2. The molecular formula is C134H78N10O2. The summed E-state index contributed by atoms with van der Waals surface area (Å²) in [5.41, 5.74) is 30.6. The van der Waals surface area contributed by atoms with E-state index in [-0.39, 0.29) is 0 Å². The SMILES string of the molecule is N#Cc1c(-n2c3ccccc3c3ccccc32)c(-n2c3ccccc3c3ccccc32)c(-c2cccc3c2oc2ccccc23)c(-n2c3ccccc3c3ccccc32)c1-n1c2ccccc2c2ccccc21.N#Cc1c(-n2c3ccccc3c3ccccc32)c(-n2c3ccccc3c3ccccc32)c(-c2cccc3oc4ccccc4c23)c(-n2c3ccccc3c3ccccc32)c1-n1c2ccccc2c2ccccc21. The Kier molecular flexibility index (Phi) is 17.2. The first kappa shape index (κ1) is 80.7. The summed E-state index contributed by atoms with van der Waals surface area (Å²) in [6.07, 6.45) is 0. The number of hydrogen-bond donors (Lipinski definition) is 0. The fourth-order valence-electron chi connectivity index (χ4n) is 25.1. The first-order valence-corrected chi connectivity index (χ1v) is 49.5. The topological polar surface area (TPSA) is 113 Å². The summed E-state index contributed by atoms with van der Waals surface area (Å²) in [5.74, 6) is 0. The van der Waals surface area contributed by atoms with E-state index in [0.29, 0.717) is 11.1 Å². The van der Waals surface area contributed by atoms with Crippen LogP contribution >= 0.6 is 0 Å². The van der Waals surface area contributed by atoms with E-state index in [4.69, 9.17) is 8.83 Å². The number of furan rings is 2. The summed E-state index contributed by atoms with van der Waals surface area (Å²) in [6.45, 7) is 0. The maximum absolute atomic E-state index is 12.8. The average molecular weight is 1860 g/mol. The van der Waals surface area contributed by atoms with Gasteiger partial charge in [0, 0.05) is 124 Å². The highest BCUT2D eigenvalue weighted by molar-refractivity contribution is 6.25. The van der Waals surface area contributed by atoms with Gasteiger partial charge in [-0.3, -0.25) is 0 Å². The van der Waals surface area contributed by atoms with Crippen molar-refractivity contribution in [2.75, 3.05) is 0 Å². The minimum absolute atomic E-state index is 0.521. The van der Waals surface area contributed by atoms with Crippen molar-refractivity contribution >= 4 is 218 Å². The first-order valence-electron chi connectivity index (χ1n) is 49.5. The molecule has 0 amide bonds. The van der Waals surface area contributed by atoms with Crippen molar-refractivity contribution in [1.29, 1.82) is 10.5 Å². The lowest BCUT2D eigenvalue weighted by molar-refractivity contribution is 0.669. The fourth-order valence-corrected chi connectivity index (χ4v) is 25.1. The second-order valence-corrected chi connectivity index (χ2v) is 38.0. The molecule has 0 aliphatic heterocycles. The van der Waals surface area contributed by atoms with Gasteiger partial charge in [0.15, 0.2) is 0 Å². The minimum atomic E-state index is 0.521. The molecule has 10 heterocycles. The van der Waals surface area contributed by atoms with Gasteiger partial charge in [0.25, 0.3) is 0 Å². The molecule has 0 radical (unpaired) electrons. The quantitative estimate of drug-likeness (QED) is 0.136. The third kappa shape index (κ3) is 11.1. The summed E-state index contributed by atoms with van der Waals surface area (Å²) in [4.78, 5) is 0. The smallest absolute Gasteiger partial charge is 0.143 e. The van der Waals surface area contributed by atoms with Gasteiger partial charge in [-0.2, -0.15) is 10.5 Å². The Morgan fingerprint density at radius 1 is 0.144 bits per heavy atom. The molecule has 676 valence electrons. The van der Waals surface area contributed by atoms with Crippen LogP contribution in [0.4, 0.5) is 0 Å². The minimum Gasteiger partial charge on any atom is -0.456 e. The van der Waals surface area contributed by atoms with Crippen molar-refractivity contribution in [3.63, 3.8) is 0 Å². The third-order valence-corrected chi connectivity index (χ3v) is 30.8. The van der Waals surface area contributed by atoms with Crippen LogP contribution in [0.15, 0.2) is 482 Å². The second kappa shape index (κ2) is 31.2. The maximum atomic E-state index is 12.8. The number of para-hydroxylation sites is 19. The van der Waals surface area contributed by atoms with E-state index in [1.165, 1.54) is 0 Å². The molecule has 0 atom stereocenters. The lowest BCUT2D eigenvalue weighted by Gasteiger charge is -2.29. The summed E-state index contributed by atoms with van der Waals surface area (Å²) >= 11 is 0. The lowest BCUT2D eigenvalue weighted by atomic mass is 9.91. The van der Waals surface area contributed by atoms with Gasteiger partial charge in [0.1, 0.15) is 45.6 Å². The van der Waals surface area contributed by atoms with E-state index in [1.807, 2.05) is 12.1 Å². The number of aromatic nitrogens is 8. The molecule has 0 fully saturated rings. The molecule has 12 heteroatoms. The Balaban J connectivity index is 0.000000133. The summed E-state index contributed by atoms with van der Waals surface area (Å²) < 4.78 is 33.4. The Morgan fingerprint density at radius 2 is 0.315 bits per heavy atom. The monoisotopic (exact) mass is 1860 g/mol. The highest BCUT2D eigenvalue weighted by Gasteiger charge is 2.40. The number of benzene rings is 22. The van der Waals surface area contributed by atoms with Crippen LogP contribution in [0.3, 0.4) is 0 Å². The standard InChI is InChI=1S/2C67H39N5O/c68-40-52-63(69-53-31-10-1-20-41(53)42-21-2-11-32-54(42)69)65(71-57-35-14-5-24-45(57)46-25-6-15-36-58(46)71)62(51-30-19-29-50-49-28-9-18-39-61(49)73-67(50)51)66(72-59-37-16-7-26-47(59)48-27-8-17-38-60(48)72)64(52)70-55-33-12-3-22-43(55)44-23-4-13-34-56(44)70;68-40-51-64(69-52-30-10-1-20-41(52)42-21-2-11-31-53(42)69)66(71-56-34-14-5-24-45(56)46-25-6-15-35-57(46)71)63(50-29-19-39-61-62(50)49-28-9-18-38-60(49)73-61)67(72-58-36-16-7-26-47(58)48-27-8-17-37-59(48)72)65(51)70-54-32-12-3-22-43(54)44-23-4-13-33-55(44)70/h2*1-39H. The highest BCUT2D eigenvalue weighted by Crippen LogP contribution is 2.58. The fraction of sp³-hybridized carbons (Fsp3) is 0. The largest absolute Gasteiger partial charge is 0.456 e. The molecule has 146 heavy (non-hydrogen) atoms. The van der Waals surface area contributed by atoms with Gasteiger partial charge >= 0.3 is 0 Å². The zero-order valence-electron chi connectivity index (χ0n) is 78.3. The molecule has 10 aromatic heterocycles. The van der Waals surface area contributed by atoms with E-state index < -0.39 is 0 Å². The van der Waals surface area contributed by atoms with Crippen molar-refractivity contribution in [1.82, 2.24) is 36.5 Å². The molecule has 0 unspecified atom stereocenters. The van der Waals surface area contributed by atoms with E-state index in [1.54, 1.807) is 0 Å². The average Bonchev–Trinajstić information content (AvgIpc) is 1.46. The molecule has 0 saturated heterocycles. The van der Waals surface area contributed by atoms with Crippen molar-refractivity contribution in [3.05, 3.63) is 484 Å². The highest BCUT2D eigenvalue weighted by atomic mass is 16.3.